The van der Waals surface area contributed by atoms with E-state index in [0.717, 1.165) is 11.1 Å². The fraction of sp³-hybridized carbons (Fsp3) is 0.188. The lowest BCUT2D eigenvalue weighted by Crippen LogP contribution is -2.23. The van der Waals surface area contributed by atoms with Gasteiger partial charge in [-0.1, -0.05) is 18.2 Å². The zero-order valence-electron chi connectivity index (χ0n) is 11.0. The maximum absolute atomic E-state index is 14.0. The molecule has 0 amide bonds. The van der Waals surface area contributed by atoms with Gasteiger partial charge in [0.2, 0.25) is 6.79 Å². The van der Waals surface area contributed by atoms with Crippen LogP contribution < -0.4 is 9.47 Å². The van der Waals surface area contributed by atoms with Crippen molar-refractivity contribution < 1.29 is 23.4 Å². The van der Waals surface area contributed by atoms with Gasteiger partial charge in [0.05, 0.1) is 6.42 Å². The number of hydrogen-bond acceptors (Lipinski definition) is 4. The number of rotatable bonds is 1. The number of cyclic esters (lactones) is 1. The number of benzene rings is 2. The van der Waals surface area contributed by atoms with Crippen molar-refractivity contribution >= 4 is 5.97 Å². The van der Waals surface area contributed by atoms with E-state index in [1.54, 1.807) is 30.3 Å². The quantitative estimate of drug-likeness (QED) is 0.756. The Bertz CT molecular complexity index is 741. The van der Waals surface area contributed by atoms with Crippen molar-refractivity contribution in [1.29, 1.82) is 0 Å². The van der Waals surface area contributed by atoms with E-state index in [-0.39, 0.29) is 19.2 Å². The minimum absolute atomic E-state index is 0.150. The second-order valence-corrected chi connectivity index (χ2v) is 4.97. The van der Waals surface area contributed by atoms with Crippen LogP contribution in [0.2, 0.25) is 0 Å². The number of hydrogen-bond donors (Lipinski definition) is 0. The molecule has 0 aliphatic carbocycles. The van der Waals surface area contributed by atoms with Crippen LogP contribution in [0.1, 0.15) is 22.8 Å². The molecule has 2 heterocycles. The number of fused-ring (bicyclic) bond motifs is 2. The Balaban J connectivity index is 1.88. The van der Waals surface area contributed by atoms with E-state index in [1.807, 2.05) is 0 Å². The van der Waals surface area contributed by atoms with Crippen LogP contribution in [-0.4, -0.2) is 12.8 Å². The van der Waals surface area contributed by atoms with Gasteiger partial charge < -0.3 is 14.2 Å². The molecule has 2 aromatic rings. The van der Waals surface area contributed by atoms with Crippen LogP contribution in [0.3, 0.4) is 0 Å². The number of carbonyl (C=O) groups excluding carboxylic acids is 1. The van der Waals surface area contributed by atoms with Gasteiger partial charge in [-0.05, 0) is 23.8 Å². The Morgan fingerprint density at radius 2 is 1.81 bits per heavy atom. The van der Waals surface area contributed by atoms with Crippen LogP contribution in [0.5, 0.6) is 11.5 Å². The van der Waals surface area contributed by atoms with Gasteiger partial charge in [0.1, 0.15) is 5.82 Å². The lowest BCUT2D eigenvalue weighted by atomic mass is 9.92. The third-order valence-electron chi connectivity index (χ3n) is 3.69. The molecule has 2 aliphatic rings. The summed E-state index contributed by atoms with van der Waals surface area (Å²) in [4.78, 5) is 11.8. The Hall–Kier alpha value is -2.56. The van der Waals surface area contributed by atoms with E-state index in [0.29, 0.717) is 17.1 Å². The summed E-state index contributed by atoms with van der Waals surface area (Å²) in [5, 5.41) is 0. The topological polar surface area (TPSA) is 44.8 Å². The maximum Gasteiger partial charge on any atom is 0.311 e. The first-order valence-corrected chi connectivity index (χ1v) is 6.59. The van der Waals surface area contributed by atoms with Crippen LogP contribution in [0, 0.1) is 5.82 Å². The monoisotopic (exact) mass is 286 g/mol. The summed E-state index contributed by atoms with van der Waals surface area (Å²) in [6.07, 6.45) is -0.603. The molecule has 0 bridgehead atoms. The molecule has 4 nitrogen and oxygen atoms in total. The molecule has 0 N–H and O–H groups in total. The lowest BCUT2D eigenvalue weighted by molar-refractivity contribution is -0.148. The number of halogens is 1. The summed E-state index contributed by atoms with van der Waals surface area (Å²) in [6.45, 7) is 0.150. The third-order valence-corrected chi connectivity index (χ3v) is 3.69. The molecule has 0 saturated heterocycles. The van der Waals surface area contributed by atoms with Crippen LogP contribution >= 0.6 is 0 Å². The highest BCUT2D eigenvalue weighted by Gasteiger charge is 2.32. The predicted molar refractivity (Wildman–Crippen MR) is 70.6 cm³/mol. The Kier molecular flexibility index (Phi) is 2.60. The van der Waals surface area contributed by atoms with Gasteiger partial charge in [0.25, 0.3) is 0 Å². The third kappa shape index (κ3) is 1.93. The molecule has 0 spiro atoms. The molecule has 0 saturated carbocycles. The molecular formula is C16H11FO4. The normalized spacial score (nSPS) is 19.1. The highest BCUT2D eigenvalue weighted by molar-refractivity contribution is 5.77. The van der Waals surface area contributed by atoms with Gasteiger partial charge in [0, 0.05) is 11.1 Å². The van der Waals surface area contributed by atoms with Crippen LogP contribution in [0.15, 0.2) is 36.4 Å². The van der Waals surface area contributed by atoms with Crippen molar-refractivity contribution in [2.75, 3.05) is 6.79 Å². The van der Waals surface area contributed by atoms with Gasteiger partial charge in [-0.15, -0.1) is 0 Å². The highest BCUT2D eigenvalue weighted by atomic mass is 19.1. The average Bonchev–Trinajstić information content (AvgIpc) is 2.92. The number of esters is 1. The van der Waals surface area contributed by atoms with Crippen molar-refractivity contribution in [3.05, 3.63) is 58.9 Å². The summed E-state index contributed by atoms with van der Waals surface area (Å²) in [7, 11) is 0. The zero-order chi connectivity index (χ0) is 14.4. The second-order valence-electron chi connectivity index (χ2n) is 4.97. The fourth-order valence-electron chi connectivity index (χ4n) is 2.71. The lowest BCUT2D eigenvalue weighted by Gasteiger charge is -2.26. The highest BCUT2D eigenvalue weighted by Crippen LogP contribution is 2.42. The molecule has 2 aliphatic heterocycles. The number of ether oxygens (including phenoxy) is 3. The Labute approximate surface area is 120 Å². The average molecular weight is 286 g/mol. The van der Waals surface area contributed by atoms with Gasteiger partial charge >= 0.3 is 5.97 Å². The Morgan fingerprint density at radius 1 is 1.05 bits per heavy atom. The standard InChI is InChI=1S/C16H11FO4/c17-12-4-2-1-3-10(12)16-11-7-14-13(19-8-20-14)5-9(11)6-15(18)21-16/h1-5,7,16H,6,8H2. The minimum atomic E-state index is -0.753. The molecule has 106 valence electrons. The number of carbonyl (C=O) groups is 1. The van der Waals surface area contributed by atoms with Crippen LogP contribution in [-0.2, 0) is 16.0 Å². The molecule has 1 unspecified atom stereocenters. The van der Waals surface area contributed by atoms with Gasteiger partial charge in [-0.25, -0.2) is 4.39 Å². The molecule has 0 radical (unpaired) electrons. The summed E-state index contributed by atoms with van der Waals surface area (Å²) in [5.41, 5.74) is 1.86. The molecule has 0 aromatic heterocycles. The molecule has 5 heteroatoms. The first-order chi connectivity index (χ1) is 10.2. The molecule has 2 aromatic carbocycles. The van der Waals surface area contributed by atoms with Gasteiger partial charge in [-0.3, -0.25) is 4.79 Å². The summed E-state index contributed by atoms with van der Waals surface area (Å²) < 4.78 is 30.1. The smallest absolute Gasteiger partial charge is 0.311 e. The van der Waals surface area contributed by atoms with Gasteiger partial charge in [-0.2, -0.15) is 0 Å². The first kappa shape index (κ1) is 12.2. The van der Waals surface area contributed by atoms with E-state index >= 15 is 0 Å². The predicted octanol–water partition coefficient (Wildman–Crippen LogP) is 2.74. The molecular weight excluding hydrogens is 275 g/mol. The molecule has 1 atom stereocenters. The van der Waals surface area contributed by atoms with E-state index in [4.69, 9.17) is 14.2 Å². The summed E-state index contributed by atoms with van der Waals surface area (Å²) in [5.74, 6) is 0.416. The Morgan fingerprint density at radius 3 is 2.62 bits per heavy atom. The van der Waals surface area contributed by atoms with Crippen molar-refractivity contribution in [1.82, 2.24) is 0 Å². The summed E-state index contributed by atoms with van der Waals surface area (Å²) >= 11 is 0. The van der Waals surface area contributed by atoms with E-state index in [2.05, 4.69) is 0 Å². The first-order valence-electron chi connectivity index (χ1n) is 6.59. The van der Waals surface area contributed by atoms with Crippen molar-refractivity contribution in [2.45, 2.75) is 12.5 Å². The SMILES string of the molecule is O=C1Cc2cc3c(cc2C(c2ccccc2F)O1)OCO3. The minimum Gasteiger partial charge on any atom is -0.454 e. The fourth-order valence-corrected chi connectivity index (χ4v) is 2.71. The second kappa shape index (κ2) is 4.48. The molecule has 4 rings (SSSR count). The molecule has 21 heavy (non-hydrogen) atoms. The van der Waals surface area contributed by atoms with E-state index in [9.17, 15) is 9.18 Å². The van der Waals surface area contributed by atoms with Crippen molar-refractivity contribution in [3.63, 3.8) is 0 Å². The molecule has 0 fully saturated rings. The van der Waals surface area contributed by atoms with E-state index in [1.165, 1.54) is 6.07 Å². The van der Waals surface area contributed by atoms with Crippen LogP contribution in [0.4, 0.5) is 4.39 Å². The summed E-state index contributed by atoms with van der Waals surface area (Å²) in [6, 6.07) is 9.82. The van der Waals surface area contributed by atoms with Crippen molar-refractivity contribution in [3.8, 4) is 11.5 Å². The van der Waals surface area contributed by atoms with E-state index < -0.39 is 11.9 Å². The largest absolute Gasteiger partial charge is 0.454 e. The van der Waals surface area contributed by atoms with Gasteiger partial charge in [0.15, 0.2) is 17.6 Å². The van der Waals surface area contributed by atoms with Crippen LogP contribution in [0.25, 0.3) is 0 Å². The maximum atomic E-state index is 14.0. The zero-order valence-corrected chi connectivity index (χ0v) is 11.0. The van der Waals surface area contributed by atoms with Crippen molar-refractivity contribution in [2.24, 2.45) is 0 Å².